The van der Waals surface area contributed by atoms with E-state index < -0.39 is 0 Å². The fourth-order valence-electron chi connectivity index (χ4n) is 7.20. The van der Waals surface area contributed by atoms with Crippen LogP contribution in [0.4, 0.5) is 0 Å². The van der Waals surface area contributed by atoms with Crippen molar-refractivity contribution in [2.75, 3.05) is 6.61 Å². The molecule has 0 aromatic heterocycles. The van der Waals surface area contributed by atoms with E-state index >= 15 is 0 Å². The fourth-order valence-corrected chi connectivity index (χ4v) is 7.20. The van der Waals surface area contributed by atoms with Gasteiger partial charge in [-0.3, -0.25) is 9.59 Å². The monoisotopic (exact) mass is 516 g/mol. The molecular weight excluding hydrogens is 468 g/mol. The van der Waals surface area contributed by atoms with Crippen molar-refractivity contribution in [3.05, 3.63) is 12.7 Å². The van der Waals surface area contributed by atoms with Crippen molar-refractivity contribution in [1.29, 1.82) is 0 Å². The van der Waals surface area contributed by atoms with Gasteiger partial charge in [0, 0.05) is 6.08 Å². The first-order chi connectivity index (χ1) is 17.9. The SMILES string of the molecule is C=CC(=O)OCC1CCC(C(=O)OC2CCC(C3CCC(OC(=O)C4CCC(C)CC4)CC3)CC2)CC1. The molecule has 0 aliphatic heterocycles. The van der Waals surface area contributed by atoms with Crippen molar-refractivity contribution in [3.63, 3.8) is 0 Å². The number of hydrogen-bond acceptors (Lipinski definition) is 6. The Morgan fingerprint density at radius 2 is 1.08 bits per heavy atom. The molecule has 0 radical (unpaired) electrons. The van der Waals surface area contributed by atoms with Gasteiger partial charge in [-0.25, -0.2) is 4.79 Å². The molecule has 0 heterocycles. The van der Waals surface area contributed by atoms with Crippen LogP contribution in [-0.2, 0) is 28.6 Å². The molecule has 0 bridgehead atoms. The number of ether oxygens (including phenoxy) is 3. The minimum atomic E-state index is -0.377. The Morgan fingerprint density at radius 3 is 1.51 bits per heavy atom. The molecule has 0 atom stereocenters. The first-order valence-corrected chi connectivity index (χ1v) is 15.1. The molecule has 6 nitrogen and oxygen atoms in total. The van der Waals surface area contributed by atoms with Gasteiger partial charge >= 0.3 is 17.9 Å². The van der Waals surface area contributed by atoms with Crippen LogP contribution in [0.25, 0.3) is 0 Å². The van der Waals surface area contributed by atoms with E-state index in [-0.39, 0.29) is 42.0 Å². The summed E-state index contributed by atoms with van der Waals surface area (Å²) in [6.07, 6.45) is 17.6. The molecule has 4 fully saturated rings. The van der Waals surface area contributed by atoms with E-state index in [1.165, 1.54) is 6.08 Å². The molecule has 0 saturated heterocycles. The first kappa shape index (κ1) is 28.2. The van der Waals surface area contributed by atoms with Crippen LogP contribution >= 0.6 is 0 Å². The van der Waals surface area contributed by atoms with Gasteiger partial charge in [0.15, 0.2) is 0 Å². The number of esters is 3. The van der Waals surface area contributed by atoms with Gasteiger partial charge in [0.05, 0.1) is 18.4 Å². The van der Waals surface area contributed by atoms with Gasteiger partial charge in [0.1, 0.15) is 12.2 Å². The molecule has 0 amide bonds. The first-order valence-electron chi connectivity index (χ1n) is 15.1. The zero-order chi connectivity index (χ0) is 26.2. The van der Waals surface area contributed by atoms with Gasteiger partial charge in [-0.05, 0) is 126 Å². The molecule has 0 aromatic rings. The van der Waals surface area contributed by atoms with Crippen LogP contribution in [-0.4, -0.2) is 36.7 Å². The van der Waals surface area contributed by atoms with Gasteiger partial charge in [-0.1, -0.05) is 13.5 Å². The summed E-state index contributed by atoms with van der Waals surface area (Å²) in [5.41, 5.74) is 0. The average molecular weight is 517 g/mol. The summed E-state index contributed by atoms with van der Waals surface area (Å²) in [5.74, 6) is 2.27. The highest BCUT2D eigenvalue weighted by atomic mass is 16.5. The maximum atomic E-state index is 12.8. The molecule has 208 valence electrons. The highest BCUT2D eigenvalue weighted by Crippen LogP contribution is 2.40. The summed E-state index contributed by atoms with van der Waals surface area (Å²) in [4.78, 5) is 36.6. The van der Waals surface area contributed by atoms with Crippen LogP contribution in [0.1, 0.15) is 110 Å². The van der Waals surface area contributed by atoms with E-state index in [1.54, 1.807) is 0 Å². The number of carbonyl (C=O) groups excluding carboxylic acids is 3. The summed E-state index contributed by atoms with van der Waals surface area (Å²) in [7, 11) is 0. The molecule has 6 heteroatoms. The molecule has 0 aromatic carbocycles. The second kappa shape index (κ2) is 13.8. The predicted molar refractivity (Wildman–Crippen MR) is 141 cm³/mol. The molecular formula is C31H48O6. The Balaban J connectivity index is 1.09. The maximum Gasteiger partial charge on any atom is 0.330 e. The molecule has 0 unspecified atom stereocenters. The van der Waals surface area contributed by atoms with Gasteiger partial charge in [-0.15, -0.1) is 0 Å². The lowest BCUT2D eigenvalue weighted by atomic mass is 9.72. The lowest BCUT2D eigenvalue weighted by Crippen LogP contribution is -2.34. The Kier molecular flexibility index (Phi) is 10.5. The minimum absolute atomic E-state index is 0.0147. The van der Waals surface area contributed by atoms with Gasteiger partial charge in [-0.2, -0.15) is 0 Å². The quantitative estimate of drug-likeness (QED) is 0.207. The Bertz CT molecular complexity index is 761. The predicted octanol–water partition coefficient (Wildman–Crippen LogP) is 6.55. The van der Waals surface area contributed by atoms with Gasteiger partial charge in [0.2, 0.25) is 0 Å². The zero-order valence-corrected chi connectivity index (χ0v) is 22.9. The molecule has 4 rings (SSSR count). The largest absolute Gasteiger partial charge is 0.462 e. The van der Waals surface area contributed by atoms with E-state index in [9.17, 15) is 14.4 Å². The Hall–Kier alpha value is -1.85. The van der Waals surface area contributed by atoms with Crippen molar-refractivity contribution >= 4 is 17.9 Å². The number of rotatable bonds is 8. The van der Waals surface area contributed by atoms with Crippen LogP contribution in [0.2, 0.25) is 0 Å². The zero-order valence-electron chi connectivity index (χ0n) is 22.9. The summed E-state index contributed by atoms with van der Waals surface area (Å²) < 4.78 is 17.0. The number of hydrogen-bond donors (Lipinski definition) is 0. The van der Waals surface area contributed by atoms with Crippen molar-refractivity contribution < 1.29 is 28.6 Å². The Morgan fingerprint density at radius 1 is 0.649 bits per heavy atom. The summed E-state index contributed by atoms with van der Waals surface area (Å²) >= 11 is 0. The third-order valence-electron chi connectivity index (χ3n) is 9.83. The van der Waals surface area contributed by atoms with Crippen LogP contribution in [0.15, 0.2) is 12.7 Å². The van der Waals surface area contributed by atoms with E-state index in [1.807, 2.05) is 0 Å². The highest BCUT2D eigenvalue weighted by molar-refractivity contribution is 5.81. The standard InChI is InChI=1S/C31H48O6/c1-3-29(32)35-20-22-6-10-26(11-7-22)31(34)37-28-18-14-24(15-19-28)23-12-16-27(17-13-23)36-30(33)25-8-4-21(2)5-9-25/h3,21-28H,1,4-20H2,2H3. The smallest absolute Gasteiger partial charge is 0.330 e. The molecule has 0 spiro atoms. The summed E-state index contributed by atoms with van der Waals surface area (Å²) in [5, 5.41) is 0. The fraction of sp³-hybridized carbons (Fsp3) is 0.839. The highest BCUT2D eigenvalue weighted by Gasteiger charge is 2.35. The second-order valence-electron chi connectivity index (χ2n) is 12.5. The topological polar surface area (TPSA) is 78.9 Å². The van der Waals surface area contributed by atoms with E-state index in [0.717, 1.165) is 109 Å². The van der Waals surface area contributed by atoms with Gasteiger partial charge in [0.25, 0.3) is 0 Å². The second-order valence-corrected chi connectivity index (χ2v) is 12.5. The lowest BCUT2D eigenvalue weighted by Gasteiger charge is -2.38. The maximum absolute atomic E-state index is 12.8. The minimum Gasteiger partial charge on any atom is -0.462 e. The molecule has 37 heavy (non-hydrogen) atoms. The van der Waals surface area contributed by atoms with Crippen LogP contribution in [0, 0.1) is 35.5 Å². The average Bonchev–Trinajstić information content (AvgIpc) is 2.93. The number of carbonyl (C=O) groups is 3. The van der Waals surface area contributed by atoms with Crippen molar-refractivity contribution in [3.8, 4) is 0 Å². The van der Waals surface area contributed by atoms with E-state index in [2.05, 4.69) is 13.5 Å². The van der Waals surface area contributed by atoms with Crippen LogP contribution in [0.5, 0.6) is 0 Å². The van der Waals surface area contributed by atoms with Crippen molar-refractivity contribution in [1.82, 2.24) is 0 Å². The van der Waals surface area contributed by atoms with Crippen molar-refractivity contribution in [2.45, 2.75) is 122 Å². The molecule has 4 aliphatic carbocycles. The van der Waals surface area contributed by atoms with Gasteiger partial charge < -0.3 is 14.2 Å². The summed E-state index contributed by atoms with van der Waals surface area (Å²) in [6.45, 7) is 6.12. The Labute approximate surface area is 223 Å². The third-order valence-corrected chi connectivity index (χ3v) is 9.83. The molecule has 0 N–H and O–H groups in total. The molecule has 4 aliphatic rings. The van der Waals surface area contributed by atoms with E-state index in [0.29, 0.717) is 24.4 Å². The van der Waals surface area contributed by atoms with Crippen molar-refractivity contribution in [2.24, 2.45) is 35.5 Å². The third kappa shape index (κ3) is 8.32. The lowest BCUT2D eigenvalue weighted by molar-refractivity contribution is -0.160. The molecule has 4 saturated carbocycles. The summed E-state index contributed by atoms with van der Waals surface area (Å²) in [6, 6.07) is 0. The van der Waals surface area contributed by atoms with Crippen LogP contribution < -0.4 is 0 Å². The van der Waals surface area contributed by atoms with E-state index in [4.69, 9.17) is 14.2 Å². The van der Waals surface area contributed by atoms with Crippen LogP contribution in [0.3, 0.4) is 0 Å². The normalized spacial score (nSPS) is 36.7.